The average molecular weight is 443 g/mol. The highest BCUT2D eigenvalue weighted by Gasteiger charge is 2.44. The molecule has 2 fully saturated rings. The number of hydrogen-bond donors (Lipinski definition) is 1. The van der Waals surface area contributed by atoms with E-state index in [4.69, 9.17) is 18.9 Å². The Morgan fingerprint density at radius 3 is 2.56 bits per heavy atom. The van der Waals surface area contributed by atoms with Gasteiger partial charge in [-0.15, -0.1) is 0 Å². The second-order valence-electron chi connectivity index (χ2n) is 9.41. The fourth-order valence-electron chi connectivity index (χ4n) is 4.54. The van der Waals surface area contributed by atoms with E-state index in [1.165, 1.54) is 0 Å². The Morgan fingerprint density at radius 1 is 1.12 bits per heavy atom. The van der Waals surface area contributed by atoms with Gasteiger partial charge >= 0.3 is 12.2 Å². The van der Waals surface area contributed by atoms with Crippen molar-refractivity contribution < 1.29 is 28.5 Å². The van der Waals surface area contributed by atoms with Crippen LogP contribution in [0.4, 0.5) is 9.59 Å². The topological polar surface area (TPSA) is 96.0 Å². The van der Waals surface area contributed by atoms with Gasteiger partial charge in [0.2, 0.25) is 0 Å². The van der Waals surface area contributed by atoms with Crippen LogP contribution in [0.2, 0.25) is 0 Å². The Balaban J connectivity index is 1.47. The highest BCUT2D eigenvalue weighted by Crippen LogP contribution is 2.42. The molecule has 1 aliphatic carbocycles. The van der Waals surface area contributed by atoms with Crippen molar-refractivity contribution in [1.29, 1.82) is 0 Å². The first-order chi connectivity index (χ1) is 15.2. The van der Waals surface area contributed by atoms with Crippen molar-refractivity contribution in [3.63, 3.8) is 0 Å². The summed E-state index contributed by atoms with van der Waals surface area (Å²) in [5.74, 6) is 0.847. The number of ether oxygens (including phenoxy) is 4. The molecule has 8 nitrogen and oxygen atoms in total. The first-order valence-corrected chi connectivity index (χ1v) is 11.0. The molecule has 0 bridgehead atoms. The summed E-state index contributed by atoms with van der Waals surface area (Å²) in [5.41, 5.74) is 1.13. The van der Waals surface area contributed by atoms with E-state index in [9.17, 15) is 9.59 Å². The number of cyclic esters (lactones) is 2. The molecular weight excluding hydrogens is 412 g/mol. The molecule has 1 amide bonds. The molecule has 32 heavy (non-hydrogen) atoms. The maximum Gasteiger partial charge on any atom is 0.509 e. The zero-order valence-corrected chi connectivity index (χ0v) is 18.9. The molecule has 1 aromatic heterocycles. The normalized spacial score (nSPS) is 25.7. The highest BCUT2D eigenvalue weighted by molar-refractivity contribution is 5.84. The molecular formula is C24H30N2O6. The zero-order valence-electron chi connectivity index (χ0n) is 18.9. The molecule has 1 aliphatic heterocycles. The molecule has 1 aromatic carbocycles. The van der Waals surface area contributed by atoms with E-state index in [0.29, 0.717) is 5.75 Å². The van der Waals surface area contributed by atoms with E-state index in [-0.39, 0.29) is 18.1 Å². The lowest BCUT2D eigenvalue weighted by Crippen LogP contribution is -2.42. The summed E-state index contributed by atoms with van der Waals surface area (Å²) in [6.45, 7) is 5.53. The second kappa shape index (κ2) is 8.84. The van der Waals surface area contributed by atoms with Gasteiger partial charge < -0.3 is 24.3 Å². The zero-order chi connectivity index (χ0) is 22.9. The van der Waals surface area contributed by atoms with Crippen LogP contribution in [0.25, 0.3) is 10.9 Å². The van der Waals surface area contributed by atoms with Gasteiger partial charge in [0.05, 0.1) is 12.6 Å². The van der Waals surface area contributed by atoms with E-state index < -0.39 is 24.0 Å². The van der Waals surface area contributed by atoms with Crippen LogP contribution in [0.1, 0.15) is 58.1 Å². The molecule has 0 spiro atoms. The minimum atomic E-state index is -0.651. The number of pyridine rings is 1. The van der Waals surface area contributed by atoms with Crippen molar-refractivity contribution in [3.05, 3.63) is 36.0 Å². The highest BCUT2D eigenvalue weighted by atomic mass is 16.8. The number of carbonyl (C=O) groups is 2. The van der Waals surface area contributed by atoms with Crippen LogP contribution in [0, 0.1) is 5.92 Å². The fraction of sp³-hybridized carbons (Fsp3) is 0.542. The number of alkyl carbamates (subject to hydrolysis) is 1. The lowest BCUT2D eigenvalue weighted by atomic mass is 9.79. The van der Waals surface area contributed by atoms with Gasteiger partial charge in [-0.1, -0.05) is 0 Å². The summed E-state index contributed by atoms with van der Waals surface area (Å²) >= 11 is 0. The lowest BCUT2D eigenvalue weighted by Gasteiger charge is -2.33. The average Bonchev–Trinajstić information content (AvgIpc) is 3.13. The van der Waals surface area contributed by atoms with Crippen molar-refractivity contribution in [2.24, 2.45) is 5.92 Å². The molecule has 172 valence electrons. The molecule has 2 aromatic rings. The number of rotatable bonds is 4. The lowest BCUT2D eigenvalue weighted by molar-refractivity contribution is 0.0436. The van der Waals surface area contributed by atoms with Gasteiger partial charge in [0, 0.05) is 29.1 Å². The van der Waals surface area contributed by atoms with Gasteiger partial charge in [-0.3, -0.25) is 4.98 Å². The Hall–Kier alpha value is -3.03. The first-order valence-electron chi connectivity index (χ1n) is 11.0. The van der Waals surface area contributed by atoms with Crippen LogP contribution >= 0.6 is 0 Å². The van der Waals surface area contributed by atoms with Gasteiger partial charge in [-0.05, 0) is 70.7 Å². The van der Waals surface area contributed by atoms with Gasteiger partial charge in [0.15, 0.2) is 6.10 Å². The van der Waals surface area contributed by atoms with Crippen molar-refractivity contribution in [2.75, 3.05) is 7.11 Å². The van der Waals surface area contributed by atoms with Crippen molar-refractivity contribution in [2.45, 2.75) is 70.3 Å². The molecule has 8 heteroatoms. The van der Waals surface area contributed by atoms with Crippen LogP contribution in [-0.4, -0.2) is 42.1 Å². The summed E-state index contributed by atoms with van der Waals surface area (Å²) in [5, 5.41) is 3.83. The summed E-state index contributed by atoms with van der Waals surface area (Å²) < 4.78 is 22.0. The van der Waals surface area contributed by atoms with Crippen LogP contribution < -0.4 is 10.1 Å². The van der Waals surface area contributed by atoms with E-state index in [2.05, 4.69) is 10.3 Å². The van der Waals surface area contributed by atoms with E-state index >= 15 is 0 Å². The van der Waals surface area contributed by atoms with E-state index in [0.717, 1.165) is 42.1 Å². The fourth-order valence-corrected chi connectivity index (χ4v) is 4.54. The Labute approximate surface area is 187 Å². The van der Waals surface area contributed by atoms with Gasteiger partial charge in [0.1, 0.15) is 17.5 Å². The maximum absolute atomic E-state index is 12.1. The van der Waals surface area contributed by atoms with Crippen molar-refractivity contribution >= 4 is 23.2 Å². The Bertz CT molecular complexity index is 994. The quantitative estimate of drug-likeness (QED) is 0.673. The number of hydrogen-bond acceptors (Lipinski definition) is 7. The predicted molar refractivity (Wildman–Crippen MR) is 118 cm³/mol. The summed E-state index contributed by atoms with van der Waals surface area (Å²) in [6.07, 6.45) is 2.96. The molecule has 2 atom stereocenters. The summed E-state index contributed by atoms with van der Waals surface area (Å²) in [4.78, 5) is 28.6. The molecule has 1 saturated heterocycles. The van der Waals surface area contributed by atoms with Crippen LogP contribution in [-0.2, 0) is 14.2 Å². The number of nitrogens with one attached hydrogen (secondary N) is 1. The standard InChI is InChI=1S/C24H30N2O6/c1-24(2,3)32-22(27)26-15-7-5-14(6-8-15)20-21(31-23(28)30-20)17-11-12-25-19-10-9-16(29-4)13-18(17)19/h9-15,20-21H,5-8H2,1-4H3,(H,26,27)/t14-,15-,20-,21-/m0/s1. The number of nitrogens with zero attached hydrogens (tertiary/aromatic N) is 1. The van der Waals surface area contributed by atoms with Gasteiger partial charge in [-0.25, -0.2) is 9.59 Å². The first kappa shape index (κ1) is 22.2. The number of methoxy groups -OCH3 is 1. The Kier molecular flexibility index (Phi) is 6.13. The molecule has 2 heterocycles. The van der Waals surface area contributed by atoms with Crippen LogP contribution in [0.5, 0.6) is 5.75 Å². The maximum atomic E-state index is 12.1. The van der Waals surface area contributed by atoms with Gasteiger partial charge in [-0.2, -0.15) is 0 Å². The number of fused-ring (bicyclic) bond motifs is 1. The third-order valence-corrected chi connectivity index (χ3v) is 6.00. The largest absolute Gasteiger partial charge is 0.509 e. The number of amides is 1. The van der Waals surface area contributed by atoms with E-state index in [1.807, 2.05) is 45.0 Å². The SMILES string of the molecule is COc1ccc2nccc([C@@H]3OC(=O)O[C@H]3[C@H]3CC[C@H](NC(=O)OC(C)(C)C)CC3)c2c1. The summed E-state index contributed by atoms with van der Waals surface area (Å²) in [6, 6.07) is 7.56. The van der Waals surface area contributed by atoms with Crippen LogP contribution in [0.3, 0.4) is 0 Å². The minimum absolute atomic E-state index is 0.0450. The van der Waals surface area contributed by atoms with Gasteiger partial charge in [0.25, 0.3) is 0 Å². The molecule has 4 rings (SSSR count). The van der Waals surface area contributed by atoms with Crippen molar-refractivity contribution in [1.82, 2.24) is 10.3 Å². The summed E-state index contributed by atoms with van der Waals surface area (Å²) in [7, 11) is 1.61. The third kappa shape index (κ3) is 4.89. The monoisotopic (exact) mass is 442 g/mol. The second-order valence-corrected chi connectivity index (χ2v) is 9.41. The van der Waals surface area contributed by atoms with Crippen LogP contribution in [0.15, 0.2) is 30.5 Å². The third-order valence-electron chi connectivity index (χ3n) is 6.00. The minimum Gasteiger partial charge on any atom is -0.497 e. The van der Waals surface area contributed by atoms with E-state index in [1.54, 1.807) is 13.3 Å². The molecule has 1 N–H and O–H groups in total. The molecule has 0 unspecified atom stereocenters. The Morgan fingerprint density at radius 2 is 1.88 bits per heavy atom. The molecule has 2 aliphatic rings. The smallest absolute Gasteiger partial charge is 0.497 e. The number of carbonyl (C=O) groups excluding carboxylic acids is 2. The number of benzene rings is 1. The van der Waals surface area contributed by atoms with Crippen molar-refractivity contribution in [3.8, 4) is 5.75 Å². The number of aromatic nitrogens is 1. The molecule has 0 radical (unpaired) electrons. The molecule has 1 saturated carbocycles. The predicted octanol–water partition coefficient (Wildman–Crippen LogP) is 4.90.